The molecule has 1 aromatic carbocycles. The zero-order valence-electron chi connectivity index (χ0n) is 10.0. The highest BCUT2D eigenvalue weighted by atomic mass is 35.5. The summed E-state index contributed by atoms with van der Waals surface area (Å²) in [6, 6.07) is 2.76. The van der Waals surface area contributed by atoms with Crippen molar-refractivity contribution < 1.29 is 18.4 Å². The van der Waals surface area contributed by atoms with E-state index in [1.807, 2.05) is 0 Å². The first-order valence-corrected chi connectivity index (χ1v) is 7.21. The van der Waals surface area contributed by atoms with E-state index in [0.29, 0.717) is 0 Å². The summed E-state index contributed by atoms with van der Waals surface area (Å²) in [5, 5.41) is 19.3. The predicted molar refractivity (Wildman–Crippen MR) is 69.6 cm³/mol. The van der Waals surface area contributed by atoms with Gasteiger partial charge in [-0.2, -0.15) is 0 Å². The van der Waals surface area contributed by atoms with Crippen LogP contribution in [0.2, 0.25) is 5.02 Å². The highest BCUT2D eigenvalue weighted by Crippen LogP contribution is 2.27. The van der Waals surface area contributed by atoms with Gasteiger partial charge in [-0.1, -0.05) is 11.6 Å². The van der Waals surface area contributed by atoms with Gasteiger partial charge in [0.05, 0.1) is 9.82 Å². The van der Waals surface area contributed by atoms with Gasteiger partial charge in [0.15, 0.2) is 0 Å². The SMILES string of the molecule is CC(CCO)NS(=O)(=O)c1ccc(Cl)c([N+](=O)[O-])c1. The van der Waals surface area contributed by atoms with Gasteiger partial charge >= 0.3 is 0 Å². The molecule has 7 nitrogen and oxygen atoms in total. The minimum Gasteiger partial charge on any atom is -0.396 e. The maximum Gasteiger partial charge on any atom is 0.289 e. The van der Waals surface area contributed by atoms with E-state index in [4.69, 9.17) is 16.7 Å². The van der Waals surface area contributed by atoms with Gasteiger partial charge in [0.1, 0.15) is 5.02 Å². The average Bonchev–Trinajstić information content (AvgIpc) is 2.28. The first-order valence-electron chi connectivity index (χ1n) is 5.35. The molecule has 2 N–H and O–H groups in total. The molecule has 0 amide bonds. The smallest absolute Gasteiger partial charge is 0.289 e. The molecule has 0 aliphatic rings. The fraction of sp³-hybridized carbons (Fsp3) is 0.400. The third-order valence-electron chi connectivity index (χ3n) is 2.34. The molecule has 1 unspecified atom stereocenters. The molecule has 19 heavy (non-hydrogen) atoms. The number of aliphatic hydroxyl groups is 1. The van der Waals surface area contributed by atoms with E-state index in [1.165, 1.54) is 6.07 Å². The van der Waals surface area contributed by atoms with Gasteiger partial charge in [-0.3, -0.25) is 10.1 Å². The molecule has 0 spiro atoms. The van der Waals surface area contributed by atoms with Crippen molar-refractivity contribution in [3.8, 4) is 0 Å². The number of aliphatic hydroxyl groups excluding tert-OH is 1. The topological polar surface area (TPSA) is 110 Å². The summed E-state index contributed by atoms with van der Waals surface area (Å²) in [7, 11) is -3.88. The first kappa shape index (κ1) is 15.8. The molecule has 0 bridgehead atoms. The lowest BCUT2D eigenvalue weighted by Gasteiger charge is -2.12. The Morgan fingerprint density at radius 1 is 1.53 bits per heavy atom. The molecule has 0 saturated heterocycles. The molecular weight excluding hydrogens is 296 g/mol. The average molecular weight is 309 g/mol. The second-order valence-corrected chi connectivity index (χ2v) is 6.03. The number of nitrogens with zero attached hydrogens (tertiary/aromatic N) is 1. The van der Waals surface area contributed by atoms with Crippen molar-refractivity contribution in [2.24, 2.45) is 0 Å². The number of rotatable bonds is 6. The molecule has 0 radical (unpaired) electrons. The molecule has 0 aromatic heterocycles. The Morgan fingerprint density at radius 3 is 2.68 bits per heavy atom. The van der Waals surface area contributed by atoms with Gasteiger partial charge < -0.3 is 5.11 Å². The van der Waals surface area contributed by atoms with Gasteiger partial charge in [-0.25, -0.2) is 13.1 Å². The van der Waals surface area contributed by atoms with E-state index in [2.05, 4.69) is 4.72 Å². The van der Waals surface area contributed by atoms with Gasteiger partial charge in [0.2, 0.25) is 10.0 Å². The summed E-state index contributed by atoms with van der Waals surface area (Å²) in [6.45, 7) is 1.42. The molecule has 106 valence electrons. The molecule has 0 saturated carbocycles. The zero-order chi connectivity index (χ0) is 14.6. The van der Waals surface area contributed by atoms with Crippen molar-refractivity contribution in [2.75, 3.05) is 6.61 Å². The maximum atomic E-state index is 11.9. The van der Waals surface area contributed by atoms with E-state index in [1.54, 1.807) is 6.92 Å². The monoisotopic (exact) mass is 308 g/mol. The third-order valence-corrected chi connectivity index (χ3v) is 4.25. The highest BCUT2D eigenvalue weighted by molar-refractivity contribution is 7.89. The van der Waals surface area contributed by atoms with E-state index in [0.717, 1.165) is 12.1 Å². The molecule has 1 atom stereocenters. The fourth-order valence-electron chi connectivity index (χ4n) is 1.39. The van der Waals surface area contributed by atoms with Gasteiger partial charge in [0.25, 0.3) is 5.69 Å². The molecule has 9 heteroatoms. The summed E-state index contributed by atoms with van der Waals surface area (Å²) in [5.41, 5.74) is -0.473. The van der Waals surface area contributed by atoms with E-state index in [-0.39, 0.29) is 22.9 Å². The van der Waals surface area contributed by atoms with Crippen LogP contribution in [0.1, 0.15) is 13.3 Å². The second kappa shape index (κ2) is 6.29. The maximum absolute atomic E-state index is 11.9. The van der Waals surface area contributed by atoms with Crippen LogP contribution in [0.15, 0.2) is 23.1 Å². The Hall–Kier alpha value is -1.22. The Bertz CT molecular complexity index is 575. The van der Waals surface area contributed by atoms with Crippen LogP contribution in [-0.2, 0) is 10.0 Å². The number of nitro benzene ring substituents is 1. The Labute approximate surface area is 115 Å². The minimum absolute atomic E-state index is 0.132. The summed E-state index contributed by atoms with van der Waals surface area (Å²) in [5.74, 6) is 0. The molecule has 0 fully saturated rings. The van der Waals surface area contributed by atoms with Crippen LogP contribution >= 0.6 is 11.6 Å². The number of nitro groups is 1. The third kappa shape index (κ3) is 4.13. The highest BCUT2D eigenvalue weighted by Gasteiger charge is 2.22. The lowest BCUT2D eigenvalue weighted by Crippen LogP contribution is -2.33. The molecule has 1 aromatic rings. The quantitative estimate of drug-likeness (QED) is 0.608. The number of nitrogens with one attached hydrogen (secondary N) is 1. The van der Waals surface area contributed by atoms with Crippen molar-refractivity contribution in [3.63, 3.8) is 0 Å². The Balaban J connectivity index is 3.08. The van der Waals surface area contributed by atoms with Crippen molar-refractivity contribution >= 4 is 27.3 Å². The van der Waals surface area contributed by atoms with Gasteiger partial charge in [-0.15, -0.1) is 0 Å². The van der Waals surface area contributed by atoms with Crippen molar-refractivity contribution in [2.45, 2.75) is 24.3 Å². The zero-order valence-corrected chi connectivity index (χ0v) is 11.6. The Kier molecular flexibility index (Phi) is 5.24. The number of hydrogen-bond donors (Lipinski definition) is 2. The van der Waals surface area contributed by atoms with Crippen LogP contribution in [0.25, 0.3) is 0 Å². The largest absolute Gasteiger partial charge is 0.396 e. The minimum atomic E-state index is -3.88. The lowest BCUT2D eigenvalue weighted by atomic mass is 10.3. The normalized spacial score (nSPS) is 13.2. The van der Waals surface area contributed by atoms with E-state index >= 15 is 0 Å². The number of sulfonamides is 1. The standard InChI is InChI=1S/C10H13ClN2O5S/c1-7(4-5-14)12-19(17,18)8-2-3-9(11)10(6-8)13(15)16/h2-3,6-7,12,14H,4-5H2,1H3. The summed E-state index contributed by atoms with van der Waals surface area (Å²) < 4.78 is 26.2. The molecular formula is C10H13ClN2O5S. The van der Waals surface area contributed by atoms with E-state index in [9.17, 15) is 18.5 Å². The molecule has 0 aliphatic heterocycles. The van der Waals surface area contributed by atoms with Crippen LogP contribution in [0.3, 0.4) is 0 Å². The summed E-state index contributed by atoms with van der Waals surface area (Å²) in [4.78, 5) is 9.70. The predicted octanol–water partition coefficient (Wildman–Crippen LogP) is 1.30. The summed E-state index contributed by atoms with van der Waals surface area (Å²) >= 11 is 5.61. The van der Waals surface area contributed by atoms with Crippen molar-refractivity contribution in [3.05, 3.63) is 33.3 Å². The van der Waals surface area contributed by atoms with Crippen molar-refractivity contribution in [1.29, 1.82) is 0 Å². The molecule has 1 rings (SSSR count). The van der Waals surface area contributed by atoms with Crippen LogP contribution in [0.4, 0.5) is 5.69 Å². The van der Waals surface area contributed by atoms with Crippen LogP contribution in [0, 0.1) is 10.1 Å². The number of benzene rings is 1. The number of hydrogen-bond acceptors (Lipinski definition) is 5. The fourth-order valence-corrected chi connectivity index (χ4v) is 2.87. The second-order valence-electron chi connectivity index (χ2n) is 3.90. The lowest BCUT2D eigenvalue weighted by molar-refractivity contribution is -0.384. The van der Waals surface area contributed by atoms with E-state index < -0.39 is 26.7 Å². The van der Waals surface area contributed by atoms with Gasteiger partial charge in [-0.05, 0) is 25.5 Å². The van der Waals surface area contributed by atoms with Crippen LogP contribution in [-0.4, -0.2) is 31.1 Å². The van der Waals surface area contributed by atoms with Gasteiger partial charge in [0, 0.05) is 18.7 Å². The first-order chi connectivity index (χ1) is 8.77. The summed E-state index contributed by atoms with van der Waals surface area (Å²) in [6.07, 6.45) is 0.245. The van der Waals surface area contributed by atoms with Crippen LogP contribution < -0.4 is 4.72 Å². The molecule has 0 heterocycles. The van der Waals surface area contributed by atoms with Crippen molar-refractivity contribution in [1.82, 2.24) is 4.72 Å². The Morgan fingerprint density at radius 2 is 2.16 bits per heavy atom. The molecule has 0 aliphatic carbocycles. The van der Waals surface area contributed by atoms with Crippen LogP contribution in [0.5, 0.6) is 0 Å². The number of halogens is 1.